The highest BCUT2D eigenvalue weighted by molar-refractivity contribution is 9.10. The molecule has 3 aromatic carbocycles. The van der Waals surface area contributed by atoms with E-state index in [1.807, 2.05) is 30.5 Å². The summed E-state index contributed by atoms with van der Waals surface area (Å²) in [5.41, 5.74) is 2.13. The molecule has 1 aromatic heterocycles. The normalized spacial score (nSPS) is 11.8. The molecule has 1 N–H and O–H groups in total. The fraction of sp³-hybridized carbons (Fsp3) is 0.0909. The lowest BCUT2D eigenvalue weighted by atomic mass is 10.0. The fourth-order valence-electron chi connectivity index (χ4n) is 3.14. The lowest BCUT2D eigenvalue weighted by Crippen LogP contribution is -2.07. The van der Waals surface area contributed by atoms with Crippen LogP contribution < -0.4 is 4.74 Å². The molecule has 0 saturated heterocycles. The second-order valence-electron chi connectivity index (χ2n) is 6.54. The van der Waals surface area contributed by atoms with Gasteiger partial charge in [0.1, 0.15) is 5.75 Å². The Balaban J connectivity index is 1.69. The predicted octanol–water partition coefficient (Wildman–Crippen LogP) is 7.99. The first-order valence-corrected chi connectivity index (χ1v) is 9.86. The number of fused-ring (bicyclic) bond motifs is 1. The van der Waals surface area contributed by atoms with Crippen LogP contribution in [0.5, 0.6) is 11.5 Å². The van der Waals surface area contributed by atoms with Crippen molar-refractivity contribution in [1.29, 1.82) is 0 Å². The lowest BCUT2D eigenvalue weighted by Gasteiger charge is -2.15. The Hall–Kier alpha value is -2.44. The van der Waals surface area contributed by atoms with Gasteiger partial charge in [0.15, 0.2) is 5.75 Å². The third-order valence-electron chi connectivity index (χ3n) is 4.54. The van der Waals surface area contributed by atoms with Gasteiger partial charge in [-0.15, -0.1) is 0 Å². The van der Waals surface area contributed by atoms with Crippen molar-refractivity contribution in [3.05, 3.63) is 93.0 Å². The lowest BCUT2D eigenvalue weighted by molar-refractivity contribution is -0.138. The van der Waals surface area contributed by atoms with Crippen LogP contribution in [0.3, 0.4) is 0 Å². The number of aromatic amines is 1. The largest absolute Gasteiger partial charge is 0.456 e. The van der Waals surface area contributed by atoms with E-state index in [1.54, 1.807) is 18.2 Å². The summed E-state index contributed by atoms with van der Waals surface area (Å²) >= 11 is 9.10. The fourth-order valence-corrected chi connectivity index (χ4v) is 3.72. The van der Waals surface area contributed by atoms with E-state index in [4.69, 9.17) is 16.3 Å². The standard InChI is InChI=1S/C22H14BrClF3NO/c23-19-3-1-2-18(22(25,26)27)21(19)29-16-8-9-20-17(11-16)14(12-28-20)10-13-4-6-15(24)7-5-13/h1-9,11-12,28H,10H2. The molecule has 0 aliphatic carbocycles. The molecule has 148 valence electrons. The summed E-state index contributed by atoms with van der Waals surface area (Å²) in [7, 11) is 0. The Morgan fingerprint density at radius 2 is 1.76 bits per heavy atom. The average Bonchev–Trinajstić information content (AvgIpc) is 3.06. The van der Waals surface area contributed by atoms with Gasteiger partial charge in [0.25, 0.3) is 0 Å². The number of hydrogen-bond acceptors (Lipinski definition) is 1. The molecule has 0 fully saturated rings. The molecule has 0 aliphatic heterocycles. The van der Waals surface area contributed by atoms with Crippen LogP contribution in [-0.4, -0.2) is 4.98 Å². The summed E-state index contributed by atoms with van der Waals surface area (Å²) in [4.78, 5) is 3.19. The van der Waals surface area contributed by atoms with E-state index < -0.39 is 11.7 Å². The van der Waals surface area contributed by atoms with Gasteiger partial charge in [-0.2, -0.15) is 13.2 Å². The highest BCUT2D eigenvalue weighted by Crippen LogP contribution is 2.42. The van der Waals surface area contributed by atoms with E-state index in [-0.39, 0.29) is 10.2 Å². The summed E-state index contributed by atoms with van der Waals surface area (Å²) in [5, 5.41) is 1.55. The van der Waals surface area contributed by atoms with Crippen molar-refractivity contribution >= 4 is 38.4 Å². The maximum Gasteiger partial charge on any atom is 0.420 e. The maximum atomic E-state index is 13.4. The van der Waals surface area contributed by atoms with Crippen molar-refractivity contribution < 1.29 is 17.9 Å². The molecule has 0 spiro atoms. The summed E-state index contributed by atoms with van der Waals surface area (Å²) < 4.78 is 46.0. The Bertz CT molecular complexity index is 1170. The topological polar surface area (TPSA) is 25.0 Å². The van der Waals surface area contributed by atoms with E-state index in [1.165, 1.54) is 12.1 Å². The molecular formula is C22H14BrClF3NO. The van der Waals surface area contributed by atoms with Gasteiger partial charge >= 0.3 is 6.18 Å². The minimum absolute atomic E-state index is 0.239. The molecule has 2 nitrogen and oxygen atoms in total. The molecule has 0 unspecified atom stereocenters. The number of benzene rings is 3. The minimum Gasteiger partial charge on any atom is -0.456 e. The van der Waals surface area contributed by atoms with Crippen LogP contribution >= 0.6 is 27.5 Å². The molecule has 0 aliphatic rings. The van der Waals surface area contributed by atoms with Crippen LogP contribution in [0.15, 0.2) is 71.3 Å². The molecule has 4 rings (SSSR count). The SMILES string of the molecule is FC(F)(F)c1cccc(Br)c1Oc1ccc2[nH]cc(Cc3ccc(Cl)cc3)c2c1. The summed E-state index contributed by atoms with van der Waals surface area (Å²) in [6, 6.07) is 16.6. The smallest absolute Gasteiger partial charge is 0.420 e. The van der Waals surface area contributed by atoms with Crippen LogP contribution in [0, 0.1) is 0 Å². The number of H-pyrrole nitrogens is 1. The molecule has 0 amide bonds. The number of nitrogens with one attached hydrogen (secondary N) is 1. The van der Waals surface area contributed by atoms with Gasteiger partial charge in [0, 0.05) is 22.1 Å². The van der Waals surface area contributed by atoms with Crippen molar-refractivity contribution in [3.63, 3.8) is 0 Å². The molecule has 0 atom stereocenters. The summed E-state index contributed by atoms with van der Waals surface area (Å²) in [6.45, 7) is 0. The second kappa shape index (κ2) is 7.76. The zero-order chi connectivity index (χ0) is 20.6. The molecule has 0 saturated carbocycles. The zero-order valence-electron chi connectivity index (χ0n) is 14.9. The number of alkyl halides is 3. The molecule has 4 aromatic rings. The van der Waals surface area contributed by atoms with Crippen LogP contribution in [0.4, 0.5) is 13.2 Å². The van der Waals surface area contributed by atoms with Crippen molar-refractivity contribution in [2.45, 2.75) is 12.6 Å². The highest BCUT2D eigenvalue weighted by atomic mass is 79.9. The van der Waals surface area contributed by atoms with Gasteiger partial charge in [-0.3, -0.25) is 0 Å². The first kappa shape index (κ1) is 19.9. The van der Waals surface area contributed by atoms with E-state index >= 15 is 0 Å². The Morgan fingerprint density at radius 3 is 2.48 bits per heavy atom. The van der Waals surface area contributed by atoms with E-state index in [0.717, 1.165) is 28.1 Å². The third kappa shape index (κ3) is 4.28. The summed E-state index contributed by atoms with van der Waals surface area (Å²) in [6.07, 6.45) is -1.97. The number of halogens is 5. The van der Waals surface area contributed by atoms with Crippen molar-refractivity contribution in [1.82, 2.24) is 4.98 Å². The maximum absolute atomic E-state index is 13.4. The van der Waals surface area contributed by atoms with E-state index in [0.29, 0.717) is 17.2 Å². The van der Waals surface area contributed by atoms with Crippen molar-refractivity contribution in [2.24, 2.45) is 0 Å². The van der Waals surface area contributed by atoms with Crippen LogP contribution in [0.1, 0.15) is 16.7 Å². The monoisotopic (exact) mass is 479 g/mol. The number of ether oxygens (including phenoxy) is 1. The Kier molecular flexibility index (Phi) is 5.32. The molecule has 1 heterocycles. The predicted molar refractivity (Wildman–Crippen MR) is 112 cm³/mol. The molecular weight excluding hydrogens is 467 g/mol. The van der Waals surface area contributed by atoms with Gasteiger partial charge < -0.3 is 9.72 Å². The number of rotatable bonds is 4. The van der Waals surface area contributed by atoms with Crippen LogP contribution in [-0.2, 0) is 12.6 Å². The quantitative estimate of drug-likeness (QED) is 0.315. The van der Waals surface area contributed by atoms with Crippen molar-refractivity contribution in [2.75, 3.05) is 0 Å². The molecule has 0 radical (unpaired) electrons. The third-order valence-corrected chi connectivity index (χ3v) is 5.42. The van der Waals surface area contributed by atoms with Gasteiger partial charge in [-0.05, 0) is 75.9 Å². The number of para-hydroxylation sites is 1. The molecule has 7 heteroatoms. The van der Waals surface area contributed by atoms with Gasteiger partial charge in [-0.1, -0.05) is 29.8 Å². The van der Waals surface area contributed by atoms with E-state index in [2.05, 4.69) is 20.9 Å². The highest BCUT2D eigenvalue weighted by Gasteiger charge is 2.35. The first-order chi connectivity index (χ1) is 13.8. The second-order valence-corrected chi connectivity index (χ2v) is 7.83. The van der Waals surface area contributed by atoms with Crippen LogP contribution in [0.25, 0.3) is 10.9 Å². The van der Waals surface area contributed by atoms with Gasteiger partial charge in [-0.25, -0.2) is 0 Å². The summed E-state index contributed by atoms with van der Waals surface area (Å²) in [5.74, 6) is 0.0704. The van der Waals surface area contributed by atoms with E-state index in [9.17, 15) is 13.2 Å². The number of hydrogen-bond donors (Lipinski definition) is 1. The Labute approximate surface area is 178 Å². The molecule has 29 heavy (non-hydrogen) atoms. The Morgan fingerprint density at radius 1 is 1.00 bits per heavy atom. The number of aromatic nitrogens is 1. The first-order valence-electron chi connectivity index (χ1n) is 8.69. The minimum atomic E-state index is -4.52. The van der Waals surface area contributed by atoms with Gasteiger partial charge in [0.05, 0.1) is 10.0 Å². The average molecular weight is 481 g/mol. The zero-order valence-corrected chi connectivity index (χ0v) is 17.2. The van der Waals surface area contributed by atoms with Crippen molar-refractivity contribution in [3.8, 4) is 11.5 Å². The van der Waals surface area contributed by atoms with Gasteiger partial charge in [0.2, 0.25) is 0 Å². The van der Waals surface area contributed by atoms with Crippen LogP contribution in [0.2, 0.25) is 5.02 Å². The molecule has 0 bridgehead atoms.